The molecule has 1 unspecified atom stereocenters. The van der Waals surface area contributed by atoms with E-state index in [1.165, 1.54) is 48.4 Å². The van der Waals surface area contributed by atoms with Crippen molar-refractivity contribution >= 4 is 67.9 Å². The number of hydrogen-bond donors (Lipinski definition) is 4. The van der Waals surface area contributed by atoms with Crippen molar-refractivity contribution in [3.63, 3.8) is 0 Å². The highest BCUT2D eigenvalue weighted by Gasteiger charge is 2.24. The number of aromatic nitrogens is 1. The Morgan fingerprint density at radius 2 is 1.65 bits per heavy atom. The Morgan fingerprint density at radius 1 is 0.885 bits per heavy atom. The zero-order valence-electron chi connectivity index (χ0n) is 28.2. The maximum Gasteiger partial charge on any atom is 0.272 e. The molecular formula is C40H34N4O6S2. The second-order valence-electron chi connectivity index (χ2n) is 11.3. The topological polar surface area (TPSA) is 139 Å². The van der Waals surface area contributed by atoms with Gasteiger partial charge < -0.3 is 30.5 Å². The number of carbonyl (C=O) groups excluding carboxylic acids is 3. The number of rotatable bonds is 13. The third-order valence-electron chi connectivity index (χ3n) is 7.63. The largest absolute Gasteiger partial charge is 0.508 e. The number of benzene rings is 5. The summed E-state index contributed by atoms with van der Waals surface area (Å²) < 4.78 is 11.9. The fourth-order valence-electron chi connectivity index (χ4n) is 5.19. The molecule has 1 aromatic heterocycles. The number of phenols is 1. The van der Waals surface area contributed by atoms with Crippen LogP contribution in [0.3, 0.4) is 0 Å². The molecule has 0 aliphatic carbocycles. The number of carbonyl (C=O) groups is 3. The number of hydrogen-bond acceptors (Lipinski definition) is 9. The number of anilines is 2. The number of amides is 3. The van der Waals surface area contributed by atoms with Crippen LogP contribution < -0.4 is 25.4 Å². The minimum atomic E-state index is -0.652. The third-order valence-corrected chi connectivity index (χ3v) is 9.81. The van der Waals surface area contributed by atoms with Crippen LogP contribution in [0.1, 0.15) is 33.7 Å². The lowest BCUT2D eigenvalue weighted by molar-refractivity contribution is -0.116. The molecule has 3 amide bonds. The van der Waals surface area contributed by atoms with Gasteiger partial charge in [-0.2, -0.15) is 0 Å². The fourth-order valence-corrected chi connectivity index (χ4v) is 7.17. The summed E-state index contributed by atoms with van der Waals surface area (Å²) in [5.74, 6) is -0.301. The molecule has 1 atom stereocenters. The van der Waals surface area contributed by atoms with Gasteiger partial charge in [-0.3, -0.25) is 14.4 Å². The molecule has 262 valence electrons. The third kappa shape index (κ3) is 8.97. The molecule has 0 aliphatic heterocycles. The molecule has 1 heterocycles. The van der Waals surface area contributed by atoms with E-state index in [2.05, 4.69) is 20.9 Å². The van der Waals surface area contributed by atoms with Crippen LogP contribution in [-0.4, -0.2) is 41.5 Å². The number of methoxy groups -OCH3 is 1. The number of fused-ring (bicyclic) bond motifs is 1. The number of aromatic hydroxyl groups is 1. The van der Waals surface area contributed by atoms with Crippen LogP contribution in [0.5, 0.6) is 17.2 Å². The number of ether oxygens (including phenoxy) is 2. The van der Waals surface area contributed by atoms with E-state index in [9.17, 15) is 19.5 Å². The molecular weight excluding hydrogens is 697 g/mol. The maximum atomic E-state index is 13.8. The molecule has 0 saturated heterocycles. The van der Waals surface area contributed by atoms with Gasteiger partial charge in [-0.25, -0.2) is 4.98 Å². The van der Waals surface area contributed by atoms with Gasteiger partial charge >= 0.3 is 0 Å². The van der Waals surface area contributed by atoms with Gasteiger partial charge in [0.05, 0.1) is 23.9 Å². The van der Waals surface area contributed by atoms with E-state index in [4.69, 9.17) is 9.47 Å². The van der Waals surface area contributed by atoms with Gasteiger partial charge in [-0.15, -0.1) is 11.8 Å². The van der Waals surface area contributed by atoms with E-state index >= 15 is 0 Å². The molecule has 0 saturated carbocycles. The summed E-state index contributed by atoms with van der Waals surface area (Å²) in [5.41, 5.74) is 2.76. The lowest BCUT2D eigenvalue weighted by Gasteiger charge is -2.17. The molecule has 6 aromatic rings. The lowest BCUT2D eigenvalue weighted by Crippen LogP contribution is -2.30. The molecule has 12 heteroatoms. The predicted molar refractivity (Wildman–Crippen MR) is 206 cm³/mol. The standard InChI is InChI=1S/C40H34N4O6S2/c1-3-50-30-19-20-32-35(24-30)52-40(43-32)44-39(48)36(25-11-6-4-7-12-25)51-31-16-10-15-28(22-31)41-38(47)33(42-37(46)26-13-8-5-9-14-26)21-27-17-18-29(45)23-34(27)49-2/h4-24,36,45H,3H2,1-2H3,(H,41,47)(H,42,46)(H,43,44,48)/b33-21+. The highest BCUT2D eigenvalue weighted by atomic mass is 32.2. The molecule has 0 spiro atoms. The molecule has 0 aliphatic rings. The Bertz CT molecular complexity index is 2240. The van der Waals surface area contributed by atoms with Crippen LogP contribution in [-0.2, 0) is 9.59 Å². The summed E-state index contributed by atoms with van der Waals surface area (Å²) in [6.07, 6.45) is 1.47. The normalized spacial score (nSPS) is 11.8. The van der Waals surface area contributed by atoms with Crippen LogP contribution in [0.25, 0.3) is 16.3 Å². The second kappa shape index (κ2) is 16.7. The van der Waals surface area contributed by atoms with Crippen molar-refractivity contribution < 1.29 is 29.0 Å². The first-order chi connectivity index (χ1) is 25.3. The van der Waals surface area contributed by atoms with Crippen LogP contribution in [0.4, 0.5) is 10.8 Å². The first-order valence-corrected chi connectivity index (χ1v) is 17.9. The van der Waals surface area contributed by atoms with Gasteiger partial charge in [0, 0.05) is 27.8 Å². The predicted octanol–water partition coefficient (Wildman–Crippen LogP) is 8.29. The van der Waals surface area contributed by atoms with E-state index in [1.807, 2.05) is 61.5 Å². The highest BCUT2D eigenvalue weighted by Crippen LogP contribution is 2.38. The smallest absolute Gasteiger partial charge is 0.272 e. The Labute approximate surface area is 308 Å². The fraction of sp³-hybridized carbons (Fsp3) is 0.100. The Balaban J connectivity index is 1.24. The minimum Gasteiger partial charge on any atom is -0.508 e. The zero-order valence-corrected chi connectivity index (χ0v) is 29.8. The van der Waals surface area contributed by atoms with Crippen molar-refractivity contribution in [1.29, 1.82) is 0 Å². The van der Waals surface area contributed by atoms with Crippen molar-refractivity contribution in [2.45, 2.75) is 17.1 Å². The first-order valence-electron chi connectivity index (χ1n) is 16.2. The number of phenolic OH excluding ortho intramolecular Hbond substituents is 1. The first kappa shape index (κ1) is 35.7. The summed E-state index contributed by atoms with van der Waals surface area (Å²) in [6.45, 7) is 2.47. The highest BCUT2D eigenvalue weighted by molar-refractivity contribution is 8.00. The minimum absolute atomic E-state index is 0.0127. The lowest BCUT2D eigenvalue weighted by atomic mass is 10.1. The Morgan fingerprint density at radius 3 is 2.40 bits per heavy atom. The number of nitrogens with zero attached hydrogens (tertiary/aromatic N) is 1. The molecule has 10 nitrogen and oxygen atoms in total. The summed E-state index contributed by atoms with van der Waals surface area (Å²) in [5, 5.41) is 18.3. The van der Waals surface area contributed by atoms with E-state index in [0.717, 1.165) is 21.5 Å². The summed E-state index contributed by atoms with van der Waals surface area (Å²) in [4.78, 5) is 46.1. The second-order valence-corrected chi connectivity index (χ2v) is 13.5. The summed E-state index contributed by atoms with van der Waals surface area (Å²) in [7, 11) is 1.44. The van der Waals surface area contributed by atoms with Crippen molar-refractivity contribution in [1.82, 2.24) is 10.3 Å². The monoisotopic (exact) mass is 730 g/mol. The van der Waals surface area contributed by atoms with Gasteiger partial charge in [0.25, 0.3) is 11.8 Å². The Kier molecular flexibility index (Phi) is 11.5. The van der Waals surface area contributed by atoms with Crippen molar-refractivity contribution in [3.8, 4) is 17.2 Å². The van der Waals surface area contributed by atoms with E-state index in [1.54, 1.807) is 54.6 Å². The van der Waals surface area contributed by atoms with Gasteiger partial charge in [0.15, 0.2) is 5.13 Å². The van der Waals surface area contributed by atoms with Gasteiger partial charge in [0.2, 0.25) is 5.91 Å². The quantitative estimate of drug-likeness (QED) is 0.0688. The summed E-state index contributed by atoms with van der Waals surface area (Å²) >= 11 is 2.69. The van der Waals surface area contributed by atoms with Gasteiger partial charge in [0.1, 0.15) is 28.2 Å². The van der Waals surface area contributed by atoms with Gasteiger partial charge in [-0.05, 0) is 79.2 Å². The number of thiazole rings is 1. The van der Waals surface area contributed by atoms with E-state index < -0.39 is 17.1 Å². The zero-order chi connectivity index (χ0) is 36.5. The van der Waals surface area contributed by atoms with Crippen molar-refractivity contribution in [2.75, 3.05) is 24.4 Å². The van der Waals surface area contributed by atoms with Crippen molar-refractivity contribution in [3.05, 3.63) is 144 Å². The SMILES string of the molecule is CCOc1ccc2nc(NC(=O)C(Sc3cccc(NC(=O)/C(=C\c4ccc(O)cc4OC)NC(=O)c4ccccc4)c3)c3ccccc3)sc2c1. The molecule has 0 bridgehead atoms. The summed E-state index contributed by atoms with van der Waals surface area (Å²) in [6, 6.07) is 35.1. The van der Waals surface area contributed by atoms with E-state index in [-0.39, 0.29) is 17.4 Å². The van der Waals surface area contributed by atoms with Crippen LogP contribution in [0.15, 0.2) is 132 Å². The molecule has 5 aromatic carbocycles. The average Bonchev–Trinajstić information content (AvgIpc) is 3.56. The molecule has 52 heavy (non-hydrogen) atoms. The van der Waals surface area contributed by atoms with Crippen LogP contribution in [0, 0.1) is 0 Å². The molecule has 0 fully saturated rings. The number of nitrogens with one attached hydrogen (secondary N) is 3. The van der Waals surface area contributed by atoms with Crippen molar-refractivity contribution in [2.24, 2.45) is 0 Å². The average molecular weight is 731 g/mol. The molecule has 4 N–H and O–H groups in total. The number of thioether (sulfide) groups is 1. The van der Waals surface area contributed by atoms with E-state index in [0.29, 0.717) is 39.2 Å². The van der Waals surface area contributed by atoms with Gasteiger partial charge in [-0.1, -0.05) is 65.9 Å². The Hall–Kier alpha value is -6.11. The van der Waals surface area contributed by atoms with Crippen LogP contribution in [0.2, 0.25) is 0 Å². The van der Waals surface area contributed by atoms with Crippen LogP contribution >= 0.6 is 23.1 Å². The molecule has 6 rings (SSSR count). The maximum absolute atomic E-state index is 13.8. The molecule has 0 radical (unpaired) electrons.